The van der Waals surface area contributed by atoms with E-state index in [4.69, 9.17) is 33.7 Å². The SMILES string of the molecule is COc1c(Cl)cc(Cl)cc1C(C)(C)CCN. The Morgan fingerprint density at radius 3 is 2.44 bits per heavy atom. The molecule has 16 heavy (non-hydrogen) atoms. The fourth-order valence-electron chi connectivity index (χ4n) is 1.77. The summed E-state index contributed by atoms with van der Waals surface area (Å²) in [5, 5.41) is 1.15. The van der Waals surface area contributed by atoms with Gasteiger partial charge in [-0.15, -0.1) is 0 Å². The minimum Gasteiger partial charge on any atom is -0.495 e. The van der Waals surface area contributed by atoms with Gasteiger partial charge >= 0.3 is 0 Å². The molecule has 0 fully saturated rings. The molecule has 4 heteroatoms. The third-order valence-corrected chi connectivity index (χ3v) is 3.21. The Hall–Kier alpha value is -0.440. The van der Waals surface area contributed by atoms with Crippen molar-refractivity contribution < 1.29 is 4.74 Å². The summed E-state index contributed by atoms with van der Waals surface area (Å²) in [6, 6.07) is 3.58. The van der Waals surface area contributed by atoms with Gasteiger partial charge < -0.3 is 10.5 Å². The first-order valence-electron chi connectivity index (χ1n) is 5.16. The Balaban J connectivity index is 3.30. The molecule has 0 aliphatic carbocycles. The number of benzene rings is 1. The van der Waals surface area contributed by atoms with E-state index < -0.39 is 0 Å². The van der Waals surface area contributed by atoms with Crippen LogP contribution in [0.3, 0.4) is 0 Å². The third kappa shape index (κ3) is 2.82. The number of hydrogen-bond acceptors (Lipinski definition) is 2. The van der Waals surface area contributed by atoms with Gasteiger partial charge in [0, 0.05) is 10.6 Å². The summed E-state index contributed by atoms with van der Waals surface area (Å²) in [5.41, 5.74) is 6.51. The lowest BCUT2D eigenvalue weighted by molar-refractivity contribution is 0.387. The molecule has 2 N–H and O–H groups in total. The number of nitrogens with two attached hydrogens (primary N) is 1. The first-order valence-corrected chi connectivity index (χ1v) is 5.91. The first kappa shape index (κ1) is 13.6. The fraction of sp³-hybridized carbons (Fsp3) is 0.500. The monoisotopic (exact) mass is 261 g/mol. The van der Waals surface area contributed by atoms with Crippen LogP contribution in [0.4, 0.5) is 0 Å². The molecular weight excluding hydrogens is 245 g/mol. The topological polar surface area (TPSA) is 35.2 Å². The molecule has 0 aliphatic heterocycles. The molecule has 2 nitrogen and oxygen atoms in total. The lowest BCUT2D eigenvalue weighted by Crippen LogP contribution is -2.22. The molecule has 1 aromatic carbocycles. The summed E-state index contributed by atoms with van der Waals surface area (Å²) < 4.78 is 5.33. The van der Waals surface area contributed by atoms with E-state index in [2.05, 4.69) is 13.8 Å². The van der Waals surface area contributed by atoms with E-state index in [0.717, 1.165) is 12.0 Å². The molecule has 1 rings (SSSR count). The fourth-order valence-corrected chi connectivity index (χ4v) is 2.34. The highest BCUT2D eigenvalue weighted by molar-refractivity contribution is 6.35. The maximum atomic E-state index is 6.10. The van der Waals surface area contributed by atoms with Crippen molar-refractivity contribution in [3.63, 3.8) is 0 Å². The molecular formula is C12H17Cl2NO. The van der Waals surface area contributed by atoms with Crippen LogP contribution >= 0.6 is 23.2 Å². The van der Waals surface area contributed by atoms with Gasteiger partial charge in [0.25, 0.3) is 0 Å². The quantitative estimate of drug-likeness (QED) is 0.899. The van der Waals surface area contributed by atoms with E-state index in [1.165, 1.54) is 0 Å². The number of hydrogen-bond donors (Lipinski definition) is 1. The molecule has 0 spiro atoms. The highest BCUT2D eigenvalue weighted by Gasteiger charge is 2.25. The van der Waals surface area contributed by atoms with Gasteiger partial charge in [0.1, 0.15) is 5.75 Å². The summed E-state index contributed by atoms with van der Waals surface area (Å²) >= 11 is 12.1. The van der Waals surface area contributed by atoms with Gasteiger partial charge in [0.2, 0.25) is 0 Å². The Morgan fingerprint density at radius 2 is 1.94 bits per heavy atom. The highest BCUT2D eigenvalue weighted by Crippen LogP contribution is 2.40. The second-order valence-electron chi connectivity index (χ2n) is 4.39. The number of methoxy groups -OCH3 is 1. The van der Waals surface area contributed by atoms with Gasteiger partial charge in [-0.1, -0.05) is 37.0 Å². The van der Waals surface area contributed by atoms with Crippen LogP contribution in [0, 0.1) is 0 Å². The normalized spacial score (nSPS) is 11.6. The minimum atomic E-state index is -0.103. The van der Waals surface area contributed by atoms with Crippen molar-refractivity contribution in [3.8, 4) is 5.75 Å². The first-order chi connectivity index (χ1) is 7.42. The molecule has 0 saturated carbocycles. The Labute approximate surface area is 107 Å². The Bertz CT molecular complexity index is 378. The van der Waals surface area contributed by atoms with Crippen molar-refractivity contribution in [2.45, 2.75) is 25.7 Å². The van der Waals surface area contributed by atoms with E-state index in [-0.39, 0.29) is 5.41 Å². The van der Waals surface area contributed by atoms with E-state index >= 15 is 0 Å². The highest BCUT2D eigenvalue weighted by atomic mass is 35.5. The lowest BCUT2D eigenvalue weighted by Gasteiger charge is -2.27. The largest absolute Gasteiger partial charge is 0.495 e. The number of rotatable bonds is 4. The third-order valence-electron chi connectivity index (χ3n) is 2.71. The molecule has 0 aliphatic rings. The molecule has 0 aromatic heterocycles. The van der Waals surface area contributed by atoms with Crippen molar-refractivity contribution in [2.75, 3.05) is 13.7 Å². The zero-order valence-corrected chi connectivity index (χ0v) is 11.3. The summed E-state index contributed by atoms with van der Waals surface area (Å²) in [5.74, 6) is 0.685. The summed E-state index contributed by atoms with van der Waals surface area (Å²) in [6.07, 6.45) is 0.847. The molecule has 0 heterocycles. The van der Waals surface area contributed by atoms with Crippen molar-refractivity contribution in [1.82, 2.24) is 0 Å². The average molecular weight is 262 g/mol. The molecule has 0 amide bonds. The molecule has 0 saturated heterocycles. The van der Waals surface area contributed by atoms with E-state index in [1.54, 1.807) is 13.2 Å². The summed E-state index contributed by atoms with van der Waals surface area (Å²) in [6.45, 7) is 4.81. The van der Waals surface area contributed by atoms with Gasteiger partial charge in [0.05, 0.1) is 12.1 Å². The number of halogens is 2. The average Bonchev–Trinajstić information content (AvgIpc) is 2.16. The van der Waals surface area contributed by atoms with Crippen LogP contribution in [-0.4, -0.2) is 13.7 Å². The van der Waals surface area contributed by atoms with Crippen LogP contribution in [0.1, 0.15) is 25.8 Å². The maximum Gasteiger partial charge on any atom is 0.141 e. The smallest absolute Gasteiger partial charge is 0.141 e. The molecule has 0 unspecified atom stereocenters. The summed E-state index contributed by atoms with van der Waals surface area (Å²) in [4.78, 5) is 0. The van der Waals surface area contributed by atoms with Crippen molar-refractivity contribution in [3.05, 3.63) is 27.7 Å². The van der Waals surface area contributed by atoms with Crippen LogP contribution in [0.2, 0.25) is 10.0 Å². The van der Waals surface area contributed by atoms with Crippen LogP contribution in [0.15, 0.2) is 12.1 Å². The van der Waals surface area contributed by atoms with E-state index in [0.29, 0.717) is 22.3 Å². The van der Waals surface area contributed by atoms with Gasteiger partial charge in [-0.05, 0) is 30.5 Å². The summed E-state index contributed by atoms with van der Waals surface area (Å²) in [7, 11) is 1.61. The van der Waals surface area contributed by atoms with Gasteiger partial charge in [-0.3, -0.25) is 0 Å². The zero-order valence-electron chi connectivity index (χ0n) is 9.81. The van der Waals surface area contributed by atoms with Gasteiger partial charge in [0.15, 0.2) is 0 Å². The van der Waals surface area contributed by atoms with Crippen molar-refractivity contribution in [2.24, 2.45) is 5.73 Å². The molecule has 0 atom stereocenters. The van der Waals surface area contributed by atoms with Crippen molar-refractivity contribution >= 4 is 23.2 Å². The van der Waals surface area contributed by atoms with Crippen LogP contribution in [-0.2, 0) is 5.41 Å². The zero-order chi connectivity index (χ0) is 12.3. The Kier molecular flexibility index (Phi) is 4.48. The van der Waals surface area contributed by atoms with E-state index in [9.17, 15) is 0 Å². The van der Waals surface area contributed by atoms with Gasteiger partial charge in [-0.25, -0.2) is 0 Å². The van der Waals surface area contributed by atoms with Crippen LogP contribution < -0.4 is 10.5 Å². The molecule has 0 radical (unpaired) electrons. The predicted molar refractivity (Wildman–Crippen MR) is 69.7 cm³/mol. The molecule has 90 valence electrons. The minimum absolute atomic E-state index is 0.103. The number of ether oxygens (including phenoxy) is 1. The van der Waals surface area contributed by atoms with E-state index in [1.807, 2.05) is 6.07 Å². The second-order valence-corrected chi connectivity index (χ2v) is 5.23. The van der Waals surface area contributed by atoms with Crippen molar-refractivity contribution in [1.29, 1.82) is 0 Å². The molecule has 1 aromatic rings. The lowest BCUT2D eigenvalue weighted by atomic mass is 9.81. The standard InChI is InChI=1S/C12H17Cl2NO/c1-12(2,4-5-15)9-6-8(13)7-10(14)11(9)16-3/h6-7H,4-5,15H2,1-3H3. The van der Waals surface area contributed by atoms with Crippen LogP contribution in [0.5, 0.6) is 5.75 Å². The second kappa shape index (κ2) is 5.26. The van der Waals surface area contributed by atoms with Gasteiger partial charge in [-0.2, -0.15) is 0 Å². The maximum absolute atomic E-state index is 6.10. The van der Waals surface area contributed by atoms with Crippen LogP contribution in [0.25, 0.3) is 0 Å². The molecule has 0 bridgehead atoms. The Morgan fingerprint density at radius 1 is 1.31 bits per heavy atom. The predicted octanol–water partition coefficient (Wildman–Crippen LogP) is 3.63.